The van der Waals surface area contributed by atoms with Gasteiger partial charge in [-0.1, -0.05) is 0 Å². The Balaban J connectivity index is 1.30. The highest BCUT2D eigenvalue weighted by molar-refractivity contribution is 5.79. The molecule has 2 aliphatic heterocycles. The predicted octanol–water partition coefficient (Wildman–Crippen LogP) is 1.33. The zero-order chi connectivity index (χ0) is 17.2. The van der Waals surface area contributed by atoms with Gasteiger partial charge in [0.1, 0.15) is 5.82 Å². The topological polar surface area (TPSA) is 75.9 Å². The van der Waals surface area contributed by atoms with Gasteiger partial charge < -0.3 is 14.8 Å². The summed E-state index contributed by atoms with van der Waals surface area (Å²) in [6.45, 7) is 4.51. The highest BCUT2D eigenvalue weighted by atomic mass is 16.2. The van der Waals surface area contributed by atoms with Crippen LogP contribution >= 0.6 is 0 Å². The van der Waals surface area contributed by atoms with Crippen LogP contribution in [0.25, 0.3) is 0 Å². The van der Waals surface area contributed by atoms with E-state index in [-0.39, 0.29) is 17.9 Å². The number of piperidine rings is 1. The van der Waals surface area contributed by atoms with Gasteiger partial charge in [0.05, 0.1) is 5.69 Å². The van der Waals surface area contributed by atoms with Crippen LogP contribution in [-0.2, 0) is 17.8 Å². The van der Waals surface area contributed by atoms with Crippen molar-refractivity contribution in [3.8, 4) is 0 Å². The molecule has 4 heterocycles. The van der Waals surface area contributed by atoms with Gasteiger partial charge in [0.15, 0.2) is 0 Å². The summed E-state index contributed by atoms with van der Waals surface area (Å²) >= 11 is 0. The molecule has 1 atom stereocenters. The highest BCUT2D eigenvalue weighted by Crippen LogP contribution is 2.21. The molecular formula is C18H24N6O. The number of fused-ring (bicyclic) bond motifs is 1. The quantitative estimate of drug-likeness (QED) is 0.912. The van der Waals surface area contributed by atoms with Crippen molar-refractivity contribution < 1.29 is 4.79 Å². The second-order valence-corrected chi connectivity index (χ2v) is 7.01. The van der Waals surface area contributed by atoms with E-state index in [1.807, 2.05) is 13.0 Å². The van der Waals surface area contributed by atoms with E-state index in [0.717, 1.165) is 62.8 Å². The van der Waals surface area contributed by atoms with Crippen molar-refractivity contribution in [2.45, 2.75) is 45.2 Å². The molecule has 1 unspecified atom stereocenters. The van der Waals surface area contributed by atoms with Crippen LogP contribution in [0.2, 0.25) is 0 Å². The van der Waals surface area contributed by atoms with Crippen LogP contribution in [-0.4, -0.2) is 44.6 Å². The number of imidazole rings is 1. The zero-order valence-corrected chi connectivity index (χ0v) is 14.6. The lowest BCUT2D eigenvalue weighted by atomic mass is 9.95. The number of carbonyl (C=O) groups excluding carboxylic acids is 1. The second-order valence-electron chi connectivity index (χ2n) is 7.01. The molecule has 0 bridgehead atoms. The van der Waals surface area contributed by atoms with Crippen LogP contribution in [0.3, 0.4) is 0 Å². The van der Waals surface area contributed by atoms with Crippen molar-refractivity contribution >= 4 is 11.9 Å². The first-order valence-electron chi connectivity index (χ1n) is 9.04. The fourth-order valence-electron chi connectivity index (χ4n) is 3.82. The molecule has 132 valence electrons. The summed E-state index contributed by atoms with van der Waals surface area (Å²) in [4.78, 5) is 27.9. The Kier molecular flexibility index (Phi) is 4.38. The maximum atomic E-state index is 12.6. The molecule has 0 saturated carbocycles. The van der Waals surface area contributed by atoms with Gasteiger partial charge in [-0.2, -0.15) is 0 Å². The molecule has 0 radical (unpaired) electrons. The number of rotatable bonds is 3. The third-order valence-corrected chi connectivity index (χ3v) is 5.16. The minimum absolute atomic E-state index is 0.0888. The molecule has 0 aliphatic carbocycles. The summed E-state index contributed by atoms with van der Waals surface area (Å²) in [7, 11) is 0. The minimum Gasteiger partial charge on any atom is -0.351 e. The number of aryl methyl sites for hydroxylation is 2. The average Bonchev–Trinajstić information content (AvgIpc) is 3.02. The van der Waals surface area contributed by atoms with Crippen molar-refractivity contribution in [3.63, 3.8) is 0 Å². The molecule has 7 nitrogen and oxygen atoms in total. The van der Waals surface area contributed by atoms with Crippen LogP contribution < -0.4 is 10.2 Å². The van der Waals surface area contributed by atoms with Crippen molar-refractivity contribution in [2.24, 2.45) is 5.92 Å². The third kappa shape index (κ3) is 3.50. The molecule has 1 amide bonds. The molecule has 2 aromatic rings. The molecule has 0 aromatic carbocycles. The van der Waals surface area contributed by atoms with Crippen molar-refractivity contribution in [3.05, 3.63) is 36.2 Å². The lowest BCUT2D eigenvalue weighted by molar-refractivity contribution is -0.126. The van der Waals surface area contributed by atoms with E-state index < -0.39 is 0 Å². The molecule has 1 saturated heterocycles. The molecule has 0 spiro atoms. The standard InChI is InChI=1S/C18H24N6O/c1-13-11-24-12-15(3-4-16(24)21-13)22-17(25)14-5-9-23(10-6-14)18-19-7-2-8-20-18/h2,7-8,11,14-15H,3-6,9-10,12H2,1H3,(H,22,25). The van der Waals surface area contributed by atoms with E-state index in [4.69, 9.17) is 0 Å². The number of hydrogen-bond donors (Lipinski definition) is 1. The number of hydrogen-bond acceptors (Lipinski definition) is 5. The Hall–Kier alpha value is -2.44. The number of carbonyl (C=O) groups is 1. The van der Waals surface area contributed by atoms with Gasteiger partial charge in [-0.05, 0) is 32.3 Å². The summed E-state index contributed by atoms with van der Waals surface area (Å²) in [6.07, 6.45) is 9.21. The Morgan fingerprint density at radius 2 is 1.96 bits per heavy atom. The van der Waals surface area contributed by atoms with E-state index in [9.17, 15) is 4.79 Å². The molecule has 25 heavy (non-hydrogen) atoms. The normalized spacial score (nSPS) is 21.0. The Morgan fingerprint density at radius 3 is 2.72 bits per heavy atom. The summed E-state index contributed by atoms with van der Waals surface area (Å²) in [5.41, 5.74) is 1.05. The van der Waals surface area contributed by atoms with E-state index in [1.54, 1.807) is 12.4 Å². The van der Waals surface area contributed by atoms with Crippen LogP contribution in [0.4, 0.5) is 5.95 Å². The van der Waals surface area contributed by atoms with E-state index >= 15 is 0 Å². The van der Waals surface area contributed by atoms with Crippen molar-refractivity contribution in [2.75, 3.05) is 18.0 Å². The van der Waals surface area contributed by atoms with Gasteiger partial charge in [-0.25, -0.2) is 15.0 Å². The summed E-state index contributed by atoms with van der Waals surface area (Å²) in [5, 5.41) is 3.26. The first-order valence-corrected chi connectivity index (χ1v) is 9.04. The molecular weight excluding hydrogens is 316 g/mol. The maximum Gasteiger partial charge on any atom is 0.225 e. The lowest BCUT2D eigenvalue weighted by Gasteiger charge is -2.32. The summed E-state index contributed by atoms with van der Waals surface area (Å²) < 4.78 is 2.18. The van der Waals surface area contributed by atoms with Crippen molar-refractivity contribution in [1.82, 2.24) is 24.8 Å². The van der Waals surface area contributed by atoms with Crippen LogP contribution in [0.1, 0.15) is 30.8 Å². The predicted molar refractivity (Wildman–Crippen MR) is 94.2 cm³/mol. The van der Waals surface area contributed by atoms with E-state index in [1.165, 1.54) is 0 Å². The number of anilines is 1. The van der Waals surface area contributed by atoms with E-state index in [0.29, 0.717) is 0 Å². The number of amides is 1. The molecule has 2 aromatic heterocycles. The second kappa shape index (κ2) is 6.82. The van der Waals surface area contributed by atoms with Gasteiger partial charge in [0.25, 0.3) is 0 Å². The van der Waals surface area contributed by atoms with Gasteiger partial charge in [-0.3, -0.25) is 4.79 Å². The Morgan fingerprint density at radius 1 is 1.20 bits per heavy atom. The first kappa shape index (κ1) is 16.1. The van der Waals surface area contributed by atoms with Gasteiger partial charge in [0, 0.05) is 56.6 Å². The Bertz CT molecular complexity index is 735. The number of nitrogens with zero attached hydrogens (tertiary/aromatic N) is 5. The van der Waals surface area contributed by atoms with Gasteiger partial charge in [0.2, 0.25) is 11.9 Å². The fourth-order valence-corrected chi connectivity index (χ4v) is 3.82. The first-order chi connectivity index (χ1) is 12.2. The monoisotopic (exact) mass is 340 g/mol. The molecule has 4 rings (SSSR count). The van der Waals surface area contributed by atoms with Crippen LogP contribution in [0, 0.1) is 12.8 Å². The minimum atomic E-state index is 0.0888. The van der Waals surface area contributed by atoms with Crippen molar-refractivity contribution in [1.29, 1.82) is 0 Å². The maximum absolute atomic E-state index is 12.6. The largest absolute Gasteiger partial charge is 0.351 e. The average molecular weight is 340 g/mol. The van der Waals surface area contributed by atoms with Crippen LogP contribution in [0.5, 0.6) is 0 Å². The van der Waals surface area contributed by atoms with E-state index in [2.05, 4.69) is 35.9 Å². The molecule has 2 aliphatic rings. The third-order valence-electron chi connectivity index (χ3n) is 5.16. The van der Waals surface area contributed by atoms with Crippen LogP contribution in [0.15, 0.2) is 24.7 Å². The van der Waals surface area contributed by atoms with Gasteiger partial charge >= 0.3 is 0 Å². The molecule has 1 fully saturated rings. The fraction of sp³-hybridized carbons (Fsp3) is 0.556. The van der Waals surface area contributed by atoms with Gasteiger partial charge in [-0.15, -0.1) is 0 Å². The summed E-state index contributed by atoms with van der Waals surface area (Å²) in [5.74, 6) is 2.18. The summed E-state index contributed by atoms with van der Waals surface area (Å²) in [6, 6.07) is 2.03. The Labute approximate surface area is 147 Å². The smallest absolute Gasteiger partial charge is 0.225 e. The molecule has 7 heteroatoms. The number of aromatic nitrogens is 4. The zero-order valence-electron chi connectivity index (χ0n) is 14.6. The highest BCUT2D eigenvalue weighted by Gasteiger charge is 2.28. The SMILES string of the molecule is Cc1cn2c(n1)CCC(NC(=O)C1CCN(c3ncccn3)CC1)C2. The number of nitrogens with one attached hydrogen (secondary N) is 1. The lowest BCUT2D eigenvalue weighted by Crippen LogP contribution is -2.46. The molecule has 1 N–H and O–H groups in total.